The first kappa shape index (κ1) is 13.5. The normalized spacial score (nSPS) is 10.4. The van der Waals surface area contributed by atoms with E-state index in [1.807, 2.05) is 6.07 Å². The van der Waals surface area contributed by atoms with Crippen LogP contribution in [-0.4, -0.2) is 10.7 Å². The second kappa shape index (κ2) is 6.29. The summed E-state index contributed by atoms with van der Waals surface area (Å²) in [6, 6.07) is 14.9. The topological polar surface area (TPSA) is 72.2 Å². The lowest BCUT2D eigenvalue weighted by Gasteiger charge is -1.99. The molecule has 0 saturated heterocycles. The molecule has 20 heavy (non-hydrogen) atoms. The molecule has 0 aliphatic heterocycles. The lowest BCUT2D eigenvalue weighted by atomic mass is 10.1. The summed E-state index contributed by atoms with van der Waals surface area (Å²) >= 11 is 0. The van der Waals surface area contributed by atoms with Crippen LogP contribution in [0.3, 0.4) is 0 Å². The zero-order chi connectivity index (χ0) is 14.4. The van der Waals surface area contributed by atoms with Crippen LogP contribution in [0.15, 0.2) is 66.9 Å². The van der Waals surface area contributed by atoms with Crippen molar-refractivity contribution in [3.05, 3.63) is 82.6 Å². The SMILES string of the molecule is O=C(C=CNc1ccc([N+](=O)[O-])cc1)c1ccccc1. The fourth-order valence-corrected chi connectivity index (χ4v) is 1.59. The molecule has 1 N–H and O–H groups in total. The number of hydrogen-bond donors (Lipinski definition) is 1. The minimum atomic E-state index is -0.460. The van der Waals surface area contributed by atoms with E-state index < -0.39 is 4.92 Å². The van der Waals surface area contributed by atoms with Crippen molar-refractivity contribution in [2.24, 2.45) is 0 Å². The molecule has 5 heteroatoms. The van der Waals surface area contributed by atoms with Gasteiger partial charge in [0.15, 0.2) is 5.78 Å². The summed E-state index contributed by atoms with van der Waals surface area (Å²) in [4.78, 5) is 21.8. The van der Waals surface area contributed by atoms with E-state index in [9.17, 15) is 14.9 Å². The first-order valence-corrected chi connectivity index (χ1v) is 5.94. The zero-order valence-corrected chi connectivity index (χ0v) is 10.5. The molecule has 2 rings (SSSR count). The third-order valence-electron chi connectivity index (χ3n) is 2.62. The van der Waals surface area contributed by atoms with Crippen LogP contribution >= 0.6 is 0 Å². The van der Waals surface area contributed by atoms with Crippen LogP contribution in [0.5, 0.6) is 0 Å². The largest absolute Gasteiger partial charge is 0.362 e. The molecule has 100 valence electrons. The Kier molecular flexibility index (Phi) is 4.24. The molecule has 0 amide bonds. The van der Waals surface area contributed by atoms with Gasteiger partial charge in [-0.1, -0.05) is 30.3 Å². The van der Waals surface area contributed by atoms with E-state index in [0.29, 0.717) is 11.3 Å². The molecule has 2 aromatic carbocycles. The van der Waals surface area contributed by atoms with Crippen molar-refractivity contribution in [2.75, 3.05) is 5.32 Å². The molecule has 0 aliphatic carbocycles. The van der Waals surface area contributed by atoms with E-state index in [1.165, 1.54) is 24.4 Å². The van der Waals surface area contributed by atoms with E-state index in [0.717, 1.165) is 0 Å². The second-order valence-electron chi connectivity index (χ2n) is 4.01. The van der Waals surface area contributed by atoms with Gasteiger partial charge in [-0.3, -0.25) is 14.9 Å². The number of ketones is 1. The monoisotopic (exact) mass is 268 g/mol. The van der Waals surface area contributed by atoms with E-state index in [-0.39, 0.29) is 11.5 Å². The number of benzene rings is 2. The molecule has 0 bridgehead atoms. The quantitative estimate of drug-likeness (QED) is 0.390. The Labute approximate surface area is 115 Å². The fourth-order valence-electron chi connectivity index (χ4n) is 1.59. The Balaban J connectivity index is 1.96. The summed E-state index contributed by atoms with van der Waals surface area (Å²) in [5.41, 5.74) is 1.31. The highest BCUT2D eigenvalue weighted by atomic mass is 16.6. The van der Waals surface area contributed by atoms with Crippen molar-refractivity contribution in [3.8, 4) is 0 Å². The highest BCUT2D eigenvalue weighted by molar-refractivity contribution is 6.04. The van der Waals surface area contributed by atoms with Crippen molar-refractivity contribution in [1.29, 1.82) is 0 Å². The van der Waals surface area contributed by atoms with Crippen LogP contribution in [0, 0.1) is 10.1 Å². The van der Waals surface area contributed by atoms with Gasteiger partial charge >= 0.3 is 0 Å². The first-order chi connectivity index (χ1) is 9.66. The van der Waals surface area contributed by atoms with Gasteiger partial charge in [0.25, 0.3) is 5.69 Å². The molecule has 0 aliphatic rings. The van der Waals surface area contributed by atoms with Gasteiger partial charge in [-0.05, 0) is 12.1 Å². The molecule has 0 unspecified atom stereocenters. The molecule has 0 atom stereocenters. The number of nitro groups is 1. The summed E-state index contributed by atoms with van der Waals surface area (Å²) in [6.07, 6.45) is 2.92. The summed E-state index contributed by atoms with van der Waals surface area (Å²) in [5.74, 6) is -0.111. The number of nitrogens with one attached hydrogen (secondary N) is 1. The van der Waals surface area contributed by atoms with E-state index in [4.69, 9.17) is 0 Å². The molecule has 0 saturated carbocycles. The lowest BCUT2D eigenvalue weighted by molar-refractivity contribution is -0.384. The smallest absolute Gasteiger partial charge is 0.269 e. The van der Waals surface area contributed by atoms with Crippen LogP contribution < -0.4 is 5.32 Å². The minimum Gasteiger partial charge on any atom is -0.362 e. The average molecular weight is 268 g/mol. The van der Waals surface area contributed by atoms with E-state index in [2.05, 4.69) is 5.32 Å². The first-order valence-electron chi connectivity index (χ1n) is 5.94. The maximum absolute atomic E-state index is 11.8. The van der Waals surface area contributed by atoms with Crippen LogP contribution in [0.25, 0.3) is 0 Å². The number of rotatable bonds is 5. The Morgan fingerprint density at radius 2 is 1.70 bits per heavy atom. The van der Waals surface area contributed by atoms with Gasteiger partial charge in [-0.2, -0.15) is 0 Å². The maximum atomic E-state index is 11.8. The van der Waals surface area contributed by atoms with Gasteiger partial charge in [-0.25, -0.2) is 0 Å². The molecule has 2 aromatic rings. The van der Waals surface area contributed by atoms with Crippen molar-refractivity contribution >= 4 is 17.2 Å². The Hall–Kier alpha value is -2.95. The van der Waals surface area contributed by atoms with Crippen molar-refractivity contribution in [1.82, 2.24) is 0 Å². The fraction of sp³-hybridized carbons (Fsp3) is 0. The number of allylic oxidation sites excluding steroid dienone is 1. The third kappa shape index (κ3) is 3.52. The molecule has 0 heterocycles. The van der Waals surface area contributed by atoms with Crippen LogP contribution in [0.2, 0.25) is 0 Å². The van der Waals surface area contributed by atoms with Gasteiger partial charge < -0.3 is 5.32 Å². The zero-order valence-electron chi connectivity index (χ0n) is 10.5. The third-order valence-corrected chi connectivity index (χ3v) is 2.62. The predicted molar refractivity (Wildman–Crippen MR) is 76.6 cm³/mol. The van der Waals surface area contributed by atoms with Crippen molar-refractivity contribution < 1.29 is 9.72 Å². The summed E-state index contributed by atoms with van der Waals surface area (Å²) < 4.78 is 0. The van der Waals surface area contributed by atoms with Gasteiger partial charge in [0, 0.05) is 35.7 Å². The number of carbonyl (C=O) groups excluding carboxylic acids is 1. The molecule has 5 nitrogen and oxygen atoms in total. The van der Waals surface area contributed by atoms with Crippen LogP contribution in [0.4, 0.5) is 11.4 Å². The van der Waals surface area contributed by atoms with Crippen molar-refractivity contribution in [2.45, 2.75) is 0 Å². The molecule has 0 spiro atoms. The van der Waals surface area contributed by atoms with Crippen LogP contribution in [-0.2, 0) is 0 Å². The standard InChI is InChI=1S/C15H12N2O3/c18-15(12-4-2-1-3-5-12)10-11-16-13-6-8-14(9-7-13)17(19)20/h1-11,16H. The van der Waals surface area contributed by atoms with E-state index >= 15 is 0 Å². The van der Waals surface area contributed by atoms with Gasteiger partial charge in [0.1, 0.15) is 0 Å². The highest BCUT2D eigenvalue weighted by Crippen LogP contribution is 2.15. The highest BCUT2D eigenvalue weighted by Gasteiger charge is 2.03. The van der Waals surface area contributed by atoms with Crippen molar-refractivity contribution in [3.63, 3.8) is 0 Å². The molecular weight excluding hydrogens is 256 g/mol. The number of nitrogens with zero attached hydrogens (tertiary/aromatic N) is 1. The molecule has 0 fully saturated rings. The Morgan fingerprint density at radius 1 is 1.05 bits per heavy atom. The summed E-state index contributed by atoms with van der Waals surface area (Å²) in [5, 5.41) is 13.4. The summed E-state index contributed by atoms with van der Waals surface area (Å²) in [7, 11) is 0. The average Bonchev–Trinajstić information content (AvgIpc) is 2.48. The van der Waals surface area contributed by atoms with Gasteiger partial charge in [-0.15, -0.1) is 0 Å². The Morgan fingerprint density at radius 3 is 2.30 bits per heavy atom. The molecule has 0 radical (unpaired) electrons. The van der Waals surface area contributed by atoms with Crippen LogP contribution in [0.1, 0.15) is 10.4 Å². The maximum Gasteiger partial charge on any atom is 0.269 e. The predicted octanol–water partition coefficient (Wildman–Crippen LogP) is 3.40. The summed E-state index contributed by atoms with van der Waals surface area (Å²) in [6.45, 7) is 0. The second-order valence-corrected chi connectivity index (χ2v) is 4.01. The minimum absolute atomic E-state index is 0.0277. The van der Waals surface area contributed by atoms with E-state index in [1.54, 1.807) is 36.4 Å². The van der Waals surface area contributed by atoms with Gasteiger partial charge in [0.2, 0.25) is 0 Å². The number of hydrogen-bond acceptors (Lipinski definition) is 4. The molecule has 0 aromatic heterocycles. The number of carbonyl (C=O) groups is 1. The molecular formula is C15H12N2O3. The lowest BCUT2D eigenvalue weighted by Crippen LogP contribution is -1.96. The number of anilines is 1. The van der Waals surface area contributed by atoms with Gasteiger partial charge in [0.05, 0.1) is 4.92 Å². The number of non-ortho nitro benzene ring substituents is 1. The number of nitro benzene ring substituents is 1. The Bertz CT molecular complexity index is 634.